The van der Waals surface area contributed by atoms with Gasteiger partial charge in [0.25, 0.3) is 0 Å². The second-order valence-corrected chi connectivity index (χ2v) is 5.50. The van der Waals surface area contributed by atoms with Crippen LogP contribution >= 0.6 is 11.6 Å². The zero-order chi connectivity index (χ0) is 12.5. The molecule has 1 atom stereocenters. The fraction of sp³-hybridized carbons (Fsp3) is 0.500. The van der Waals surface area contributed by atoms with Crippen molar-refractivity contribution in [2.75, 3.05) is 19.6 Å². The highest BCUT2D eigenvalue weighted by Crippen LogP contribution is 2.21. The van der Waals surface area contributed by atoms with E-state index in [1.807, 2.05) is 24.5 Å². The maximum Gasteiger partial charge on any atom is 0.113 e. The molecule has 2 aromatic rings. The molecular formula is C14H18ClN3. The van der Waals surface area contributed by atoms with Crippen molar-refractivity contribution in [3.8, 4) is 0 Å². The van der Waals surface area contributed by atoms with Crippen LogP contribution in [0.4, 0.5) is 0 Å². The van der Waals surface area contributed by atoms with Gasteiger partial charge in [-0.25, -0.2) is 4.98 Å². The van der Waals surface area contributed by atoms with Gasteiger partial charge in [-0.3, -0.25) is 0 Å². The van der Waals surface area contributed by atoms with E-state index in [0.717, 1.165) is 35.2 Å². The topological polar surface area (TPSA) is 20.5 Å². The molecule has 0 amide bonds. The molecule has 18 heavy (non-hydrogen) atoms. The number of hydrogen-bond donors (Lipinski definition) is 0. The molecule has 96 valence electrons. The number of imidazole rings is 1. The minimum atomic E-state index is 0.742. The molecule has 0 spiro atoms. The van der Waals surface area contributed by atoms with Crippen molar-refractivity contribution in [2.24, 2.45) is 5.92 Å². The first-order chi connectivity index (χ1) is 8.76. The number of hydrogen-bond acceptors (Lipinski definition) is 2. The summed E-state index contributed by atoms with van der Waals surface area (Å²) in [6, 6.07) is 3.89. The Hall–Kier alpha value is -1.06. The lowest BCUT2D eigenvalue weighted by molar-refractivity contribution is 0.341. The van der Waals surface area contributed by atoms with Gasteiger partial charge in [-0.2, -0.15) is 0 Å². The number of likely N-dealkylation sites (tertiary alicyclic amines) is 1. The van der Waals surface area contributed by atoms with E-state index >= 15 is 0 Å². The molecule has 0 radical (unpaired) electrons. The van der Waals surface area contributed by atoms with Crippen molar-refractivity contribution in [3.63, 3.8) is 0 Å². The molecule has 0 N–H and O–H groups in total. The molecule has 2 aromatic heterocycles. The van der Waals surface area contributed by atoms with Crippen LogP contribution in [0.5, 0.6) is 0 Å². The number of rotatable bonds is 3. The molecule has 3 heterocycles. The van der Waals surface area contributed by atoms with E-state index in [2.05, 4.69) is 21.2 Å². The first-order valence-electron chi connectivity index (χ1n) is 6.60. The minimum absolute atomic E-state index is 0.742. The smallest absolute Gasteiger partial charge is 0.113 e. The van der Waals surface area contributed by atoms with E-state index in [1.54, 1.807) is 0 Å². The lowest BCUT2D eigenvalue weighted by Crippen LogP contribution is -2.20. The van der Waals surface area contributed by atoms with Crippen molar-refractivity contribution in [3.05, 3.63) is 35.4 Å². The third kappa shape index (κ3) is 2.25. The molecule has 0 aromatic carbocycles. The lowest BCUT2D eigenvalue weighted by atomic mass is 10.0. The second-order valence-electron chi connectivity index (χ2n) is 5.07. The Balaban J connectivity index is 1.79. The maximum atomic E-state index is 5.99. The highest BCUT2D eigenvalue weighted by Gasteiger charge is 2.22. The Kier molecular flexibility index (Phi) is 3.27. The predicted molar refractivity (Wildman–Crippen MR) is 74.1 cm³/mol. The summed E-state index contributed by atoms with van der Waals surface area (Å²) >= 11 is 5.99. The Labute approximate surface area is 112 Å². The summed E-state index contributed by atoms with van der Waals surface area (Å²) in [4.78, 5) is 7.05. The monoisotopic (exact) mass is 263 g/mol. The Bertz CT molecular complexity index is 549. The fourth-order valence-electron chi connectivity index (χ4n) is 2.80. The van der Waals surface area contributed by atoms with E-state index in [9.17, 15) is 0 Å². The van der Waals surface area contributed by atoms with E-state index in [0.29, 0.717) is 0 Å². The van der Waals surface area contributed by atoms with Crippen molar-refractivity contribution in [1.82, 2.24) is 14.3 Å². The summed E-state index contributed by atoms with van der Waals surface area (Å²) in [7, 11) is 0. The zero-order valence-electron chi connectivity index (χ0n) is 10.6. The van der Waals surface area contributed by atoms with Crippen molar-refractivity contribution < 1.29 is 0 Å². The zero-order valence-corrected chi connectivity index (χ0v) is 11.4. The van der Waals surface area contributed by atoms with Crippen LogP contribution in [0.1, 0.15) is 19.2 Å². The van der Waals surface area contributed by atoms with Gasteiger partial charge in [0, 0.05) is 24.2 Å². The van der Waals surface area contributed by atoms with Crippen molar-refractivity contribution >= 4 is 17.1 Å². The second kappa shape index (κ2) is 4.90. The van der Waals surface area contributed by atoms with Crippen LogP contribution in [0.3, 0.4) is 0 Å². The summed E-state index contributed by atoms with van der Waals surface area (Å²) in [6.45, 7) is 5.83. The highest BCUT2D eigenvalue weighted by molar-refractivity contribution is 6.30. The van der Waals surface area contributed by atoms with Crippen LogP contribution in [-0.4, -0.2) is 33.9 Å². The predicted octanol–water partition coefficient (Wildman–Crippen LogP) is 2.87. The SMILES string of the molecule is CCN1CCC(Cc2ncc3cc(Cl)ccn23)C1. The van der Waals surface area contributed by atoms with Gasteiger partial charge in [-0.15, -0.1) is 0 Å². The largest absolute Gasteiger partial charge is 0.304 e. The third-order valence-corrected chi connectivity index (χ3v) is 4.09. The first kappa shape index (κ1) is 12.0. The standard InChI is InChI=1S/C14H18ClN3/c1-2-17-5-3-11(10-17)7-14-16-9-13-8-12(15)4-6-18(13)14/h4,6,8-9,11H,2-3,5,7,10H2,1H3. The highest BCUT2D eigenvalue weighted by atomic mass is 35.5. The summed E-state index contributed by atoms with van der Waals surface area (Å²) in [5.74, 6) is 1.90. The molecule has 4 heteroatoms. The van der Waals surface area contributed by atoms with E-state index < -0.39 is 0 Å². The Morgan fingerprint density at radius 2 is 2.39 bits per heavy atom. The van der Waals surface area contributed by atoms with Gasteiger partial charge in [0.05, 0.1) is 11.7 Å². The molecule has 0 bridgehead atoms. The summed E-state index contributed by atoms with van der Waals surface area (Å²) < 4.78 is 2.15. The van der Waals surface area contributed by atoms with Crippen LogP contribution in [0.15, 0.2) is 24.5 Å². The van der Waals surface area contributed by atoms with Gasteiger partial charge in [-0.05, 0) is 37.6 Å². The lowest BCUT2D eigenvalue weighted by Gasteiger charge is -2.12. The molecule has 1 fully saturated rings. The molecule has 3 rings (SSSR count). The first-order valence-corrected chi connectivity index (χ1v) is 6.98. The third-order valence-electron chi connectivity index (χ3n) is 3.86. The van der Waals surface area contributed by atoms with Crippen LogP contribution in [0, 0.1) is 5.92 Å². The average Bonchev–Trinajstić information content (AvgIpc) is 2.97. The molecule has 1 aliphatic heterocycles. The Morgan fingerprint density at radius 1 is 1.50 bits per heavy atom. The van der Waals surface area contributed by atoms with Crippen molar-refractivity contribution in [1.29, 1.82) is 0 Å². The molecule has 3 nitrogen and oxygen atoms in total. The number of aromatic nitrogens is 2. The van der Waals surface area contributed by atoms with Gasteiger partial charge in [0.2, 0.25) is 0 Å². The molecule has 1 unspecified atom stereocenters. The minimum Gasteiger partial charge on any atom is -0.304 e. The molecule has 0 saturated carbocycles. The Morgan fingerprint density at radius 3 is 3.17 bits per heavy atom. The van der Waals surface area contributed by atoms with Gasteiger partial charge < -0.3 is 9.30 Å². The number of pyridine rings is 1. The quantitative estimate of drug-likeness (QED) is 0.849. The normalized spacial score (nSPS) is 20.9. The summed E-state index contributed by atoms with van der Waals surface area (Å²) in [5.41, 5.74) is 1.09. The van der Waals surface area contributed by atoms with E-state index in [-0.39, 0.29) is 0 Å². The molecule has 1 aliphatic rings. The maximum absolute atomic E-state index is 5.99. The number of nitrogens with zero attached hydrogens (tertiary/aromatic N) is 3. The average molecular weight is 264 g/mol. The van der Waals surface area contributed by atoms with E-state index in [1.165, 1.54) is 19.5 Å². The van der Waals surface area contributed by atoms with Crippen LogP contribution in [-0.2, 0) is 6.42 Å². The van der Waals surface area contributed by atoms with Gasteiger partial charge in [-0.1, -0.05) is 18.5 Å². The number of halogens is 1. The van der Waals surface area contributed by atoms with Crippen LogP contribution in [0.25, 0.3) is 5.52 Å². The molecular weight excluding hydrogens is 246 g/mol. The van der Waals surface area contributed by atoms with E-state index in [4.69, 9.17) is 11.6 Å². The van der Waals surface area contributed by atoms with Gasteiger partial charge >= 0.3 is 0 Å². The van der Waals surface area contributed by atoms with Gasteiger partial charge in [0.15, 0.2) is 0 Å². The summed E-state index contributed by atoms with van der Waals surface area (Å²) in [5, 5.41) is 0.770. The number of fused-ring (bicyclic) bond motifs is 1. The summed E-state index contributed by atoms with van der Waals surface area (Å²) in [6.07, 6.45) is 6.28. The molecule has 0 aliphatic carbocycles. The molecule has 1 saturated heterocycles. The van der Waals surface area contributed by atoms with Gasteiger partial charge in [0.1, 0.15) is 5.82 Å². The van der Waals surface area contributed by atoms with Crippen LogP contribution in [0.2, 0.25) is 5.02 Å². The van der Waals surface area contributed by atoms with Crippen LogP contribution < -0.4 is 0 Å². The van der Waals surface area contributed by atoms with Crippen molar-refractivity contribution in [2.45, 2.75) is 19.8 Å². The fourth-order valence-corrected chi connectivity index (χ4v) is 2.97.